The van der Waals surface area contributed by atoms with Gasteiger partial charge in [0.2, 0.25) is 0 Å². The van der Waals surface area contributed by atoms with Crippen LogP contribution in [0.1, 0.15) is 45.5 Å². The highest BCUT2D eigenvalue weighted by Gasteiger charge is 2.29. The zero-order valence-electron chi connectivity index (χ0n) is 17.8. The molecule has 33 heavy (non-hydrogen) atoms. The second kappa shape index (κ2) is 9.94. The first kappa shape index (κ1) is 22.6. The molecule has 0 bridgehead atoms. The lowest BCUT2D eigenvalue weighted by atomic mass is 9.98. The molecule has 0 aromatic heterocycles. The molecule has 2 atom stereocenters. The Bertz CT molecular complexity index is 1120. The van der Waals surface area contributed by atoms with Gasteiger partial charge in [0.25, 0.3) is 0 Å². The lowest BCUT2D eigenvalue weighted by Gasteiger charge is -2.19. The van der Waals surface area contributed by atoms with E-state index in [9.17, 15) is 24.2 Å². The van der Waals surface area contributed by atoms with E-state index in [-0.39, 0.29) is 36.6 Å². The number of carbonyl (C=O) groups excluding carboxylic acids is 2. The van der Waals surface area contributed by atoms with Gasteiger partial charge in [0.1, 0.15) is 18.5 Å². The molecule has 3 N–H and O–H groups in total. The van der Waals surface area contributed by atoms with Crippen LogP contribution in [0.25, 0.3) is 11.1 Å². The summed E-state index contributed by atoms with van der Waals surface area (Å²) < 4.78 is 19.6. The van der Waals surface area contributed by atoms with Crippen LogP contribution in [0.15, 0.2) is 66.7 Å². The number of fused-ring (bicyclic) bond motifs is 3. The SMILES string of the molecule is O=Cc1cccc(C(O)C(O)CCNC(=O)OCC2c3ccccc3-c3ccccc32)c1F. The molecule has 0 radical (unpaired) electrons. The second-order valence-electron chi connectivity index (χ2n) is 7.92. The van der Waals surface area contributed by atoms with Crippen LogP contribution < -0.4 is 5.32 Å². The van der Waals surface area contributed by atoms with Crippen molar-refractivity contribution in [3.05, 3.63) is 94.8 Å². The van der Waals surface area contributed by atoms with Crippen LogP contribution in [0.3, 0.4) is 0 Å². The van der Waals surface area contributed by atoms with E-state index in [1.54, 1.807) is 0 Å². The molecular formula is C26H24FNO5. The number of aliphatic hydroxyl groups excluding tert-OH is 2. The molecular weight excluding hydrogens is 425 g/mol. The predicted octanol–water partition coefficient (Wildman–Crippen LogP) is 3.96. The number of nitrogens with one attached hydrogen (secondary N) is 1. The first-order valence-corrected chi connectivity index (χ1v) is 10.7. The number of alkyl carbamates (subject to hydrolysis) is 1. The van der Waals surface area contributed by atoms with Crippen molar-refractivity contribution in [3.8, 4) is 11.1 Å². The Hall–Kier alpha value is -3.55. The molecule has 0 fully saturated rings. The maximum absolute atomic E-state index is 14.2. The number of hydrogen-bond acceptors (Lipinski definition) is 5. The maximum Gasteiger partial charge on any atom is 0.407 e. The first-order valence-electron chi connectivity index (χ1n) is 10.7. The van der Waals surface area contributed by atoms with Crippen LogP contribution in [-0.2, 0) is 4.74 Å². The van der Waals surface area contributed by atoms with Gasteiger partial charge in [0.15, 0.2) is 6.29 Å². The topological polar surface area (TPSA) is 95.9 Å². The molecule has 3 aromatic rings. The molecule has 6 nitrogen and oxygen atoms in total. The summed E-state index contributed by atoms with van der Waals surface area (Å²) in [5.41, 5.74) is 4.09. The molecule has 0 saturated carbocycles. The molecule has 7 heteroatoms. The van der Waals surface area contributed by atoms with E-state index in [1.165, 1.54) is 18.2 Å². The molecule has 0 aliphatic heterocycles. The van der Waals surface area contributed by atoms with Crippen LogP contribution >= 0.6 is 0 Å². The fraction of sp³-hybridized carbons (Fsp3) is 0.231. The zero-order valence-corrected chi connectivity index (χ0v) is 17.8. The number of rotatable bonds is 8. The van der Waals surface area contributed by atoms with Crippen LogP contribution in [0, 0.1) is 5.82 Å². The van der Waals surface area contributed by atoms with E-state index in [4.69, 9.17) is 4.74 Å². The normalized spacial score (nSPS) is 14.2. The summed E-state index contributed by atoms with van der Waals surface area (Å²) in [6, 6.07) is 20.0. The van der Waals surface area contributed by atoms with E-state index >= 15 is 0 Å². The van der Waals surface area contributed by atoms with Crippen LogP contribution in [0.5, 0.6) is 0 Å². The summed E-state index contributed by atoms with van der Waals surface area (Å²) in [7, 11) is 0. The van der Waals surface area contributed by atoms with Gasteiger partial charge in [-0.1, -0.05) is 60.7 Å². The minimum atomic E-state index is -1.53. The number of carbonyl (C=O) groups is 2. The van der Waals surface area contributed by atoms with Gasteiger partial charge in [0.05, 0.1) is 11.7 Å². The second-order valence-corrected chi connectivity index (χ2v) is 7.92. The summed E-state index contributed by atoms with van der Waals surface area (Å²) in [5.74, 6) is -0.938. The van der Waals surface area contributed by atoms with E-state index in [2.05, 4.69) is 17.4 Å². The third-order valence-electron chi connectivity index (χ3n) is 5.92. The zero-order chi connectivity index (χ0) is 23.4. The molecule has 0 saturated heterocycles. The smallest absolute Gasteiger partial charge is 0.407 e. The minimum absolute atomic E-state index is 0.0177. The van der Waals surface area contributed by atoms with Crippen molar-refractivity contribution < 1.29 is 28.9 Å². The maximum atomic E-state index is 14.2. The van der Waals surface area contributed by atoms with Crippen molar-refractivity contribution in [1.29, 1.82) is 0 Å². The highest BCUT2D eigenvalue weighted by molar-refractivity contribution is 5.79. The summed E-state index contributed by atoms with van der Waals surface area (Å²) in [6.45, 7) is 0.179. The molecule has 3 aromatic carbocycles. The van der Waals surface area contributed by atoms with Crippen molar-refractivity contribution in [2.75, 3.05) is 13.2 Å². The monoisotopic (exact) mass is 449 g/mol. The number of aldehydes is 1. The van der Waals surface area contributed by atoms with Crippen molar-refractivity contribution in [2.24, 2.45) is 0 Å². The van der Waals surface area contributed by atoms with Crippen LogP contribution in [0.4, 0.5) is 9.18 Å². The van der Waals surface area contributed by atoms with E-state index in [0.29, 0.717) is 6.29 Å². The number of aliphatic hydroxyl groups is 2. The standard InChI is InChI=1S/C26H24FNO5/c27-24-16(14-29)6-5-11-21(24)25(31)23(30)12-13-28-26(32)33-15-22-19-9-3-1-7-17(19)18-8-2-4-10-20(18)22/h1-11,14,22-23,25,30-31H,12-13,15H2,(H,28,32). The fourth-order valence-electron chi connectivity index (χ4n) is 4.22. The van der Waals surface area contributed by atoms with Crippen molar-refractivity contribution in [3.63, 3.8) is 0 Å². The van der Waals surface area contributed by atoms with Crippen LogP contribution in [-0.4, -0.2) is 41.8 Å². The lowest BCUT2D eigenvalue weighted by molar-refractivity contribution is 0.0116. The van der Waals surface area contributed by atoms with Crippen molar-refractivity contribution >= 4 is 12.4 Å². The highest BCUT2D eigenvalue weighted by Crippen LogP contribution is 2.44. The molecule has 4 rings (SSSR count). The van der Waals surface area contributed by atoms with Crippen molar-refractivity contribution in [1.82, 2.24) is 5.32 Å². The third kappa shape index (κ3) is 4.65. The van der Waals surface area contributed by atoms with Gasteiger partial charge < -0.3 is 20.3 Å². The van der Waals surface area contributed by atoms with Gasteiger partial charge in [-0.3, -0.25) is 4.79 Å². The molecule has 0 spiro atoms. The van der Waals surface area contributed by atoms with E-state index < -0.39 is 24.1 Å². The Morgan fingerprint density at radius 2 is 1.64 bits per heavy atom. The molecule has 170 valence electrons. The van der Waals surface area contributed by atoms with Gasteiger partial charge in [0, 0.05) is 18.0 Å². The van der Waals surface area contributed by atoms with Crippen LogP contribution in [0.2, 0.25) is 0 Å². The molecule has 1 aliphatic carbocycles. The number of amides is 1. The molecule has 2 unspecified atom stereocenters. The van der Waals surface area contributed by atoms with Gasteiger partial charge in [-0.15, -0.1) is 0 Å². The third-order valence-corrected chi connectivity index (χ3v) is 5.92. The predicted molar refractivity (Wildman–Crippen MR) is 120 cm³/mol. The Labute approximate surface area is 190 Å². The fourth-order valence-corrected chi connectivity index (χ4v) is 4.22. The molecule has 1 aliphatic rings. The number of benzene rings is 3. The van der Waals surface area contributed by atoms with E-state index in [1.807, 2.05) is 36.4 Å². The Balaban J connectivity index is 1.30. The Kier molecular flexibility index (Phi) is 6.82. The number of halogens is 1. The minimum Gasteiger partial charge on any atom is -0.449 e. The summed E-state index contributed by atoms with van der Waals surface area (Å²) >= 11 is 0. The highest BCUT2D eigenvalue weighted by atomic mass is 19.1. The van der Waals surface area contributed by atoms with Crippen molar-refractivity contribution in [2.45, 2.75) is 24.5 Å². The summed E-state index contributed by atoms with van der Waals surface area (Å²) in [5, 5.41) is 23.0. The summed E-state index contributed by atoms with van der Waals surface area (Å²) in [4.78, 5) is 23.1. The first-order chi connectivity index (χ1) is 16.0. The number of hydrogen-bond donors (Lipinski definition) is 3. The summed E-state index contributed by atoms with van der Waals surface area (Å²) in [6.07, 6.45) is -3.20. The Morgan fingerprint density at radius 3 is 2.27 bits per heavy atom. The lowest BCUT2D eigenvalue weighted by Crippen LogP contribution is -2.31. The largest absolute Gasteiger partial charge is 0.449 e. The molecule has 1 amide bonds. The van der Waals surface area contributed by atoms with E-state index in [0.717, 1.165) is 22.3 Å². The molecule has 0 heterocycles. The number of ether oxygens (including phenoxy) is 1. The van der Waals surface area contributed by atoms with Gasteiger partial charge in [-0.25, -0.2) is 9.18 Å². The average Bonchev–Trinajstić information content (AvgIpc) is 3.16. The average molecular weight is 449 g/mol. The van der Waals surface area contributed by atoms with Gasteiger partial charge in [-0.05, 0) is 34.7 Å². The quantitative estimate of drug-likeness (QED) is 0.453. The van der Waals surface area contributed by atoms with Gasteiger partial charge >= 0.3 is 6.09 Å². The van der Waals surface area contributed by atoms with Gasteiger partial charge in [-0.2, -0.15) is 0 Å². The Morgan fingerprint density at radius 1 is 1.00 bits per heavy atom.